The molecular formula is C34H36O7S. The van der Waals surface area contributed by atoms with Crippen molar-refractivity contribution in [1.29, 1.82) is 0 Å². The Balaban J connectivity index is 1.36. The normalized spacial score (nSPS) is 20.8. The van der Waals surface area contributed by atoms with Gasteiger partial charge in [0.05, 0.1) is 37.4 Å². The summed E-state index contributed by atoms with van der Waals surface area (Å²) >= 11 is 0. The number of hydrogen-bond donors (Lipinski definition) is 0. The molecule has 0 unspecified atom stereocenters. The lowest BCUT2D eigenvalue weighted by Gasteiger charge is -2.41. The molecule has 1 heterocycles. The van der Waals surface area contributed by atoms with Gasteiger partial charge in [-0.05, 0) is 35.7 Å². The molecule has 0 N–H and O–H groups in total. The maximum atomic E-state index is 13.2. The summed E-state index contributed by atoms with van der Waals surface area (Å²) in [5, 5.41) is 0. The van der Waals surface area contributed by atoms with Crippen molar-refractivity contribution in [2.45, 2.75) is 62.7 Å². The van der Waals surface area contributed by atoms with Gasteiger partial charge >= 0.3 is 0 Å². The summed E-state index contributed by atoms with van der Waals surface area (Å²) < 4.78 is 57.2. The van der Waals surface area contributed by atoms with Crippen LogP contribution in [-0.2, 0) is 53.1 Å². The van der Waals surface area contributed by atoms with Crippen molar-refractivity contribution >= 4 is 10.1 Å². The third-order valence-corrected chi connectivity index (χ3v) is 8.33. The van der Waals surface area contributed by atoms with Gasteiger partial charge in [0.15, 0.2) is 6.29 Å². The van der Waals surface area contributed by atoms with Gasteiger partial charge in [0.25, 0.3) is 10.1 Å². The summed E-state index contributed by atoms with van der Waals surface area (Å²) in [5.41, 5.74) is 3.96. The van der Waals surface area contributed by atoms with Crippen molar-refractivity contribution in [2.24, 2.45) is 0 Å². The van der Waals surface area contributed by atoms with E-state index in [4.69, 9.17) is 23.1 Å². The Morgan fingerprint density at radius 1 is 0.690 bits per heavy atom. The van der Waals surface area contributed by atoms with Crippen LogP contribution in [-0.4, -0.2) is 39.6 Å². The second-order valence-corrected chi connectivity index (χ2v) is 11.9. The molecule has 0 radical (unpaired) electrons. The molecular weight excluding hydrogens is 552 g/mol. The van der Waals surface area contributed by atoms with Crippen LogP contribution in [0.15, 0.2) is 120 Å². The second-order valence-electron chi connectivity index (χ2n) is 10.3. The maximum absolute atomic E-state index is 13.2. The minimum absolute atomic E-state index is 0.0674. The molecule has 220 valence electrons. The minimum atomic E-state index is -4.09. The van der Waals surface area contributed by atoms with E-state index in [9.17, 15) is 8.42 Å². The molecule has 1 aliphatic heterocycles. The standard InChI is InChI=1S/C34H36O7S/c1-26-17-19-30(20-18-26)42(35,36)41-33-21-31(38-23-28-13-7-3-8-14-28)34(39-24-29-15-9-4-10-16-29)32(40-33)25-37-22-27-11-5-2-6-12-27/h2-20,31-34H,21-25H2,1H3/t31-,32-,33-,34+/m1/s1. The highest BCUT2D eigenvalue weighted by Gasteiger charge is 2.43. The first-order chi connectivity index (χ1) is 20.5. The van der Waals surface area contributed by atoms with Crippen LogP contribution in [0.4, 0.5) is 0 Å². The quantitative estimate of drug-likeness (QED) is 0.172. The van der Waals surface area contributed by atoms with Gasteiger partial charge < -0.3 is 18.9 Å². The van der Waals surface area contributed by atoms with Gasteiger partial charge in [-0.3, -0.25) is 0 Å². The molecule has 0 bridgehead atoms. The Hall–Kier alpha value is -3.37. The number of benzene rings is 4. The predicted octanol–water partition coefficient (Wildman–Crippen LogP) is 6.20. The lowest BCUT2D eigenvalue weighted by molar-refractivity contribution is -0.256. The van der Waals surface area contributed by atoms with Gasteiger partial charge in [-0.25, -0.2) is 4.18 Å². The monoisotopic (exact) mass is 588 g/mol. The van der Waals surface area contributed by atoms with Crippen molar-refractivity contribution in [3.63, 3.8) is 0 Å². The van der Waals surface area contributed by atoms with E-state index in [2.05, 4.69) is 0 Å². The fourth-order valence-electron chi connectivity index (χ4n) is 4.78. The molecule has 1 fully saturated rings. The lowest BCUT2D eigenvalue weighted by Crippen LogP contribution is -2.53. The molecule has 4 aromatic carbocycles. The molecule has 4 aromatic rings. The highest BCUT2D eigenvalue weighted by atomic mass is 32.2. The Morgan fingerprint density at radius 3 is 1.79 bits per heavy atom. The summed E-state index contributed by atoms with van der Waals surface area (Å²) in [6, 6.07) is 36.0. The van der Waals surface area contributed by atoms with Crippen molar-refractivity contribution in [2.75, 3.05) is 6.61 Å². The Bertz CT molecular complexity index is 1460. The first-order valence-corrected chi connectivity index (χ1v) is 15.5. The van der Waals surface area contributed by atoms with Crippen LogP contribution in [0.2, 0.25) is 0 Å². The van der Waals surface area contributed by atoms with Crippen LogP contribution in [0, 0.1) is 6.92 Å². The zero-order valence-electron chi connectivity index (χ0n) is 23.6. The van der Waals surface area contributed by atoms with Gasteiger partial charge in [0, 0.05) is 6.42 Å². The van der Waals surface area contributed by atoms with E-state index in [-0.39, 0.29) is 17.9 Å². The smallest absolute Gasteiger partial charge is 0.299 e. The number of hydrogen-bond acceptors (Lipinski definition) is 7. The van der Waals surface area contributed by atoms with Crippen molar-refractivity contribution in [3.8, 4) is 0 Å². The average Bonchev–Trinajstić information content (AvgIpc) is 3.01. The van der Waals surface area contributed by atoms with Crippen molar-refractivity contribution < 1.29 is 31.5 Å². The van der Waals surface area contributed by atoms with E-state index in [1.165, 1.54) is 12.1 Å². The van der Waals surface area contributed by atoms with E-state index < -0.39 is 34.7 Å². The Labute approximate surface area is 248 Å². The minimum Gasteiger partial charge on any atom is -0.374 e. The summed E-state index contributed by atoms with van der Waals surface area (Å²) in [4.78, 5) is 0.0674. The zero-order valence-corrected chi connectivity index (χ0v) is 24.4. The van der Waals surface area contributed by atoms with Gasteiger partial charge in [0.1, 0.15) is 12.2 Å². The summed E-state index contributed by atoms with van der Waals surface area (Å²) in [6.45, 7) is 3.08. The molecule has 4 atom stereocenters. The molecule has 0 aliphatic carbocycles. The van der Waals surface area contributed by atoms with E-state index in [1.807, 2.05) is 97.9 Å². The highest BCUT2D eigenvalue weighted by molar-refractivity contribution is 7.86. The summed E-state index contributed by atoms with van der Waals surface area (Å²) in [7, 11) is -4.09. The molecule has 0 saturated carbocycles. The molecule has 1 saturated heterocycles. The zero-order chi connectivity index (χ0) is 29.2. The van der Waals surface area contributed by atoms with E-state index >= 15 is 0 Å². The Kier molecular flexibility index (Phi) is 10.5. The summed E-state index contributed by atoms with van der Waals surface area (Å²) in [6.07, 6.45) is -2.63. The first-order valence-electron chi connectivity index (χ1n) is 14.0. The van der Waals surface area contributed by atoms with E-state index in [0.29, 0.717) is 19.8 Å². The topological polar surface area (TPSA) is 80.3 Å². The Morgan fingerprint density at radius 2 is 1.21 bits per heavy atom. The second kappa shape index (κ2) is 14.7. The molecule has 5 rings (SSSR count). The highest BCUT2D eigenvalue weighted by Crippen LogP contribution is 2.30. The predicted molar refractivity (Wildman–Crippen MR) is 159 cm³/mol. The van der Waals surface area contributed by atoms with Gasteiger partial charge in [-0.1, -0.05) is 109 Å². The van der Waals surface area contributed by atoms with E-state index in [0.717, 1.165) is 22.3 Å². The third kappa shape index (κ3) is 8.58. The lowest BCUT2D eigenvalue weighted by atomic mass is 10.0. The van der Waals surface area contributed by atoms with Crippen LogP contribution < -0.4 is 0 Å². The molecule has 8 heteroatoms. The fourth-order valence-corrected chi connectivity index (χ4v) is 5.76. The molecule has 0 spiro atoms. The molecule has 0 aromatic heterocycles. The van der Waals surface area contributed by atoms with Gasteiger partial charge in [0.2, 0.25) is 0 Å². The number of rotatable bonds is 13. The average molecular weight is 589 g/mol. The van der Waals surface area contributed by atoms with Crippen LogP contribution in [0.1, 0.15) is 28.7 Å². The van der Waals surface area contributed by atoms with Crippen LogP contribution in [0.5, 0.6) is 0 Å². The molecule has 7 nitrogen and oxygen atoms in total. The maximum Gasteiger partial charge on any atom is 0.299 e. The van der Waals surface area contributed by atoms with Crippen molar-refractivity contribution in [1.82, 2.24) is 0 Å². The largest absolute Gasteiger partial charge is 0.374 e. The van der Waals surface area contributed by atoms with Crippen LogP contribution in [0.3, 0.4) is 0 Å². The third-order valence-electron chi connectivity index (χ3n) is 7.01. The molecule has 0 amide bonds. The van der Waals surface area contributed by atoms with E-state index in [1.54, 1.807) is 12.1 Å². The van der Waals surface area contributed by atoms with Crippen molar-refractivity contribution in [3.05, 3.63) is 138 Å². The SMILES string of the molecule is Cc1ccc(S(=O)(=O)O[C@@H]2C[C@@H](OCc3ccccc3)[C@H](OCc3ccccc3)[C@@H](COCc3ccccc3)O2)cc1. The number of aryl methyl sites for hydroxylation is 1. The number of ether oxygens (including phenoxy) is 4. The first kappa shape index (κ1) is 30.1. The van der Waals surface area contributed by atoms with Gasteiger partial charge in [-0.15, -0.1) is 0 Å². The summed E-state index contributed by atoms with van der Waals surface area (Å²) in [5.74, 6) is 0. The molecule has 42 heavy (non-hydrogen) atoms. The van der Waals surface area contributed by atoms with Crippen LogP contribution in [0.25, 0.3) is 0 Å². The van der Waals surface area contributed by atoms with Gasteiger partial charge in [-0.2, -0.15) is 8.42 Å². The fraction of sp³-hybridized carbons (Fsp3) is 0.294. The van der Waals surface area contributed by atoms with Crippen LogP contribution >= 0.6 is 0 Å². The molecule has 1 aliphatic rings.